The molecule has 10 atom stereocenters. The van der Waals surface area contributed by atoms with Crippen molar-refractivity contribution in [1.29, 1.82) is 0 Å². The number of fused-ring (bicyclic) bond motifs is 7. The molecule has 0 aliphatic heterocycles. The highest BCUT2D eigenvalue weighted by Gasteiger charge is 2.69. The topological polar surface area (TPSA) is 80.9 Å². The molecule has 0 aromatic carbocycles. The Hall–Kier alpha value is -0.420. The summed E-state index contributed by atoms with van der Waals surface area (Å²) in [5.74, 6) is 1.08. The Morgan fingerprint density at radius 3 is 2.15 bits per heavy atom. The predicted molar refractivity (Wildman–Crippen MR) is 135 cm³/mol. The summed E-state index contributed by atoms with van der Waals surface area (Å²) in [6.45, 7) is 14.4. The van der Waals surface area contributed by atoms with Gasteiger partial charge in [0.15, 0.2) is 0 Å². The summed E-state index contributed by atoms with van der Waals surface area (Å²) in [7, 11) is 0. The summed E-state index contributed by atoms with van der Waals surface area (Å²) < 4.78 is 0. The molecule has 0 amide bonds. The Morgan fingerprint density at radius 2 is 1.50 bits per heavy atom. The van der Waals surface area contributed by atoms with E-state index in [4.69, 9.17) is 0 Å². The molecule has 4 fully saturated rings. The second-order valence-corrected chi connectivity index (χ2v) is 15.1. The Morgan fingerprint density at radius 1 is 0.824 bits per heavy atom. The van der Waals surface area contributed by atoms with Crippen molar-refractivity contribution in [1.82, 2.24) is 0 Å². The lowest BCUT2D eigenvalue weighted by molar-refractivity contribution is -0.243. The fourth-order valence-electron chi connectivity index (χ4n) is 10.8. The molecule has 5 aliphatic rings. The number of aliphatic hydroxyl groups excluding tert-OH is 4. The molecule has 4 saturated carbocycles. The molecule has 4 heteroatoms. The van der Waals surface area contributed by atoms with Gasteiger partial charge in [0, 0.05) is 17.4 Å². The SMILES string of the molecule is CC1(C)CC[C@]2(CO)CC[C@]3(C)C(=CC[C@@H]4[C@@]5(C)C[C@@H](O)[C@H](O)[C@](C)(CO)[C@@H]5CC[C@]43C)[C@@H]2C1. The van der Waals surface area contributed by atoms with Crippen molar-refractivity contribution in [2.45, 2.75) is 112 Å². The minimum absolute atomic E-state index is 0.0474. The van der Waals surface area contributed by atoms with Crippen LogP contribution >= 0.6 is 0 Å². The van der Waals surface area contributed by atoms with E-state index in [1.165, 1.54) is 12.8 Å². The molecule has 194 valence electrons. The Bertz CT molecular complexity index is 866. The van der Waals surface area contributed by atoms with Crippen LogP contribution in [-0.4, -0.2) is 45.8 Å². The maximum atomic E-state index is 11.0. The summed E-state index contributed by atoms with van der Waals surface area (Å²) in [5, 5.41) is 43.0. The highest BCUT2D eigenvalue weighted by Crippen LogP contribution is 2.75. The van der Waals surface area contributed by atoms with Gasteiger partial charge in [0.1, 0.15) is 0 Å². The second-order valence-electron chi connectivity index (χ2n) is 15.1. The Labute approximate surface area is 207 Å². The zero-order valence-corrected chi connectivity index (χ0v) is 22.5. The molecule has 0 saturated heterocycles. The summed E-state index contributed by atoms with van der Waals surface area (Å²) in [5.41, 5.74) is 1.42. The smallest absolute Gasteiger partial charge is 0.0877 e. The van der Waals surface area contributed by atoms with E-state index in [0.717, 1.165) is 38.5 Å². The van der Waals surface area contributed by atoms with Gasteiger partial charge in [-0.2, -0.15) is 0 Å². The average Bonchev–Trinajstić information content (AvgIpc) is 2.77. The minimum Gasteiger partial charge on any atom is -0.396 e. The van der Waals surface area contributed by atoms with E-state index in [9.17, 15) is 20.4 Å². The molecule has 5 aliphatic carbocycles. The van der Waals surface area contributed by atoms with E-state index < -0.39 is 17.6 Å². The third-order valence-electron chi connectivity index (χ3n) is 13.2. The maximum absolute atomic E-state index is 11.0. The molecule has 0 bridgehead atoms. The van der Waals surface area contributed by atoms with Gasteiger partial charge in [-0.05, 0) is 97.2 Å². The highest BCUT2D eigenvalue weighted by molar-refractivity contribution is 5.34. The number of hydrogen-bond donors (Lipinski definition) is 4. The molecule has 5 rings (SSSR count). The third-order valence-corrected chi connectivity index (χ3v) is 13.2. The van der Waals surface area contributed by atoms with Crippen LogP contribution in [0.15, 0.2) is 11.6 Å². The molecule has 4 N–H and O–H groups in total. The molecule has 0 spiro atoms. The highest BCUT2D eigenvalue weighted by atomic mass is 16.3. The Kier molecular flexibility index (Phi) is 5.61. The van der Waals surface area contributed by atoms with Gasteiger partial charge in [0.2, 0.25) is 0 Å². The van der Waals surface area contributed by atoms with Crippen molar-refractivity contribution in [3.05, 3.63) is 11.6 Å². The van der Waals surface area contributed by atoms with Crippen LogP contribution in [-0.2, 0) is 0 Å². The van der Waals surface area contributed by atoms with Crippen LogP contribution in [0.3, 0.4) is 0 Å². The quantitative estimate of drug-likeness (QED) is 0.421. The van der Waals surface area contributed by atoms with Crippen molar-refractivity contribution in [2.75, 3.05) is 13.2 Å². The van der Waals surface area contributed by atoms with Crippen LogP contribution in [0.2, 0.25) is 0 Å². The van der Waals surface area contributed by atoms with Gasteiger partial charge in [0.05, 0.1) is 18.8 Å². The van der Waals surface area contributed by atoms with Crippen molar-refractivity contribution < 1.29 is 20.4 Å². The normalized spacial score (nSPS) is 56.4. The largest absolute Gasteiger partial charge is 0.396 e. The zero-order valence-electron chi connectivity index (χ0n) is 22.5. The van der Waals surface area contributed by atoms with Crippen LogP contribution < -0.4 is 0 Å². The lowest BCUT2D eigenvalue weighted by Gasteiger charge is -2.71. The molecule has 0 unspecified atom stereocenters. The predicted octanol–water partition coefficient (Wildman–Crippen LogP) is 5.08. The second kappa shape index (κ2) is 7.55. The lowest BCUT2D eigenvalue weighted by atomic mass is 9.33. The number of rotatable bonds is 2. The first-order valence-corrected chi connectivity index (χ1v) is 14.0. The van der Waals surface area contributed by atoms with E-state index in [1.54, 1.807) is 5.57 Å². The number of allylic oxidation sites excluding steroid dienone is 2. The van der Waals surface area contributed by atoms with Crippen molar-refractivity contribution in [3.63, 3.8) is 0 Å². The van der Waals surface area contributed by atoms with Crippen molar-refractivity contribution in [2.24, 2.45) is 50.2 Å². The van der Waals surface area contributed by atoms with Crippen LogP contribution in [0.1, 0.15) is 99.3 Å². The maximum Gasteiger partial charge on any atom is 0.0877 e. The van der Waals surface area contributed by atoms with Gasteiger partial charge in [-0.3, -0.25) is 0 Å². The summed E-state index contributed by atoms with van der Waals surface area (Å²) in [4.78, 5) is 0. The molecular weight excluding hydrogens is 424 g/mol. The Balaban J connectivity index is 1.59. The molecule has 0 aromatic heterocycles. The van der Waals surface area contributed by atoms with E-state index in [2.05, 4.69) is 40.7 Å². The monoisotopic (exact) mass is 474 g/mol. The standard InChI is InChI=1S/C30H50O4/c1-25(2)11-13-30(18-32)14-12-28(5)19(20(30)15-25)7-8-23-26(3)16-21(33)24(34)27(4,17-31)22(26)9-10-29(23,28)6/h7,20-24,31-34H,8-18H2,1-6H3/t20-,21+,22+,23+,24-,26-,27+,28+,29+,30+/m0/s1. The first-order chi connectivity index (χ1) is 15.7. The first-order valence-electron chi connectivity index (χ1n) is 14.0. The number of hydrogen-bond acceptors (Lipinski definition) is 4. The van der Waals surface area contributed by atoms with Gasteiger partial charge in [-0.15, -0.1) is 0 Å². The van der Waals surface area contributed by atoms with Gasteiger partial charge in [-0.1, -0.05) is 53.2 Å². The molecular formula is C30H50O4. The van der Waals surface area contributed by atoms with E-state index in [-0.39, 0.29) is 34.2 Å². The summed E-state index contributed by atoms with van der Waals surface area (Å²) in [6, 6.07) is 0. The van der Waals surface area contributed by atoms with Gasteiger partial charge in [0.25, 0.3) is 0 Å². The van der Waals surface area contributed by atoms with Gasteiger partial charge < -0.3 is 20.4 Å². The van der Waals surface area contributed by atoms with Crippen molar-refractivity contribution in [3.8, 4) is 0 Å². The molecule has 34 heavy (non-hydrogen) atoms. The van der Waals surface area contributed by atoms with Gasteiger partial charge >= 0.3 is 0 Å². The van der Waals surface area contributed by atoms with Crippen LogP contribution in [0.4, 0.5) is 0 Å². The van der Waals surface area contributed by atoms with Crippen molar-refractivity contribution >= 4 is 0 Å². The van der Waals surface area contributed by atoms with Crippen LogP contribution in [0, 0.1) is 50.2 Å². The van der Waals surface area contributed by atoms with E-state index in [1.807, 2.05) is 6.92 Å². The fourth-order valence-corrected chi connectivity index (χ4v) is 10.8. The first kappa shape index (κ1) is 25.2. The lowest BCUT2D eigenvalue weighted by Crippen LogP contribution is -2.68. The fraction of sp³-hybridized carbons (Fsp3) is 0.933. The van der Waals surface area contributed by atoms with Crippen LogP contribution in [0.5, 0.6) is 0 Å². The third kappa shape index (κ3) is 2.98. The average molecular weight is 475 g/mol. The zero-order chi connectivity index (χ0) is 24.9. The van der Waals surface area contributed by atoms with Gasteiger partial charge in [-0.25, -0.2) is 0 Å². The summed E-state index contributed by atoms with van der Waals surface area (Å²) >= 11 is 0. The molecule has 0 heterocycles. The minimum atomic E-state index is -0.866. The molecule has 4 nitrogen and oxygen atoms in total. The van der Waals surface area contributed by atoms with E-state index in [0.29, 0.717) is 30.3 Å². The molecule has 0 aromatic rings. The van der Waals surface area contributed by atoms with E-state index >= 15 is 0 Å². The molecule has 0 radical (unpaired) electrons. The number of aliphatic hydroxyl groups is 4. The van der Waals surface area contributed by atoms with Crippen LogP contribution in [0.25, 0.3) is 0 Å². The summed E-state index contributed by atoms with van der Waals surface area (Å²) in [6.07, 6.45) is 10.4.